The minimum absolute atomic E-state index is 0.0200. The molecule has 0 saturated heterocycles. The Morgan fingerprint density at radius 2 is 2.03 bits per heavy atom. The van der Waals surface area contributed by atoms with Crippen molar-refractivity contribution < 1.29 is 14.3 Å². The van der Waals surface area contributed by atoms with E-state index >= 15 is 0 Å². The summed E-state index contributed by atoms with van der Waals surface area (Å²) in [7, 11) is 1.65. The maximum Gasteiger partial charge on any atom is 0.205 e. The summed E-state index contributed by atoms with van der Waals surface area (Å²) < 4.78 is 11.5. The molecule has 35 heavy (non-hydrogen) atoms. The van der Waals surface area contributed by atoms with Crippen LogP contribution in [0.5, 0.6) is 5.75 Å². The van der Waals surface area contributed by atoms with E-state index in [0.717, 1.165) is 36.3 Å². The van der Waals surface area contributed by atoms with Crippen LogP contribution in [-0.4, -0.2) is 19.4 Å². The lowest BCUT2D eigenvalue weighted by Crippen LogP contribution is -2.34. The van der Waals surface area contributed by atoms with Gasteiger partial charge in [0.1, 0.15) is 23.2 Å². The highest BCUT2D eigenvalue weighted by Gasteiger charge is 2.43. The smallest absolute Gasteiger partial charge is 0.205 e. The second kappa shape index (κ2) is 8.81. The second-order valence-electron chi connectivity index (χ2n) is 10.4. The number of Topliss-reactive ketones (excluding diaryl/α,β-unsaturated/α-hetero) is 1. The number of benzene rings is 2. The van der Waals surface area contributed by atoms with E-state index in [1.807, 2.05) is 18.2 Å². The molecular formula is C29H31N3O3. The fraction of sp³-hybridized carbons (Fsp3) is 0.379. The number of anilines is 1. The number of methoxy groups -OCH3 is 1. The van der Waals surface area contributed by atoms with Crippen LogP contribution in [0.25, 0.3) is 0 Å². The molecule has 0 radical (unpaired) electrons. The Hall–Kier alpha value is -3.72. The Balaban J connectivity index is 1.64. The summed E-state index contributed by atoms with van der Waals surface area (Å²) in [4.78, 5) is 15.8. The number of hydrogen-bond acceptors (Lipinski definition) is 6. The van der Waals surface area contributed by atoms with Crippen molar-refractivity contribution in [2.24, 2.45) is 11.1 Å². The van der Waals surface area contributed by atoms with E-state index in [2.05, 4.69) is 49.1 Å². The number of nitrogens with zero attached hydrogens (tertiary/aromatic N) is 2. The van der Waals surface area contributed by atoms with Gasteiger partial charge in [0.05, 0.1) is 13.0 Å². The molecular weight excluding hydrogens is 438 g/mol. The van der Waals surface area contributed by atoms with E-state index in [4.69, 9.17) is 15.2 Å². The minimum atomic E-state index is -0.548. The predicted octanol–water partition coefficient (Wildman–Crippen LogP) is 5.10. The quantitative estimate of drug-likeness (QED) is 0.670. The van der Waals surface area contributed by atoms with E-state index in [1.54, 1.807) is 7.11 Å². The summed E-state index contributed by atoms with van der Waals surface area (Å²) >= 11 is 0. The molecule has 6 nitrogen and oxygen atoms in total. The Bertz CT molecular complexity index is 1300. The predicted molar refractivity (Wildman–Crippen MR) is 135 cm³/mol. The molecule has 2 heterocycles. The van der Waals surface area contributed by atoms with Gasteiger partial charge in [0.25, 0.3) is 0 Å². The first-order chi connectivity index (χ1) is 16.8. The van der Waals surface area contributed by atoms with Crippen LogP contribution in [0.4, 0.5) is 5.69 Å². The van der Waals surface area contributed by atoms with Gasteiger partial charge in [0, 0.05) is 37.2 Å². The number of ether oxygens (including phenoxy) is 2. The van der Waals surface area contributed by atoms with Crippen molar-refractivity contribution in [1.29, 1.82) is 5.26 Å². The molecule has 0 unspecified atom stereocenters. The standard InChI is InChI=1S/C29H31N3O3/c1-29(2)14-24(33)27-25(15-29)35-28(31)22(16-30)26(27)21-11-10-20(34-3)13-19(21)17-32-12-6-8-18-7-4-5-9-23(18)32/h4-5,7,9-11,13,26H,6,8,12,14-15,17,31H2,1-3H3/t26-/m0/s1. The summed E-state index contributed by atoms with van der Waals surface area (Å²) in [6, 6.07) is 16.6. The largest absolute Gasteiger partial charge is 0.497 e. The van der Waals surface area contributed by atoms with Crippen molar-refractivity contribution in [3.8, 4) is 11.8 Å². The molecule has 2 N–H and O–H groups in total. The van der Waals surface area contributed by atoms with Gasteiger partial charge < -0.3 is 20.1 Å². The zero-order valence-corrected chi connectivity index (χ0v) is 20.6. The number of hydrogen-bond donors (Lipinski definition) is 1. The average Bonchev–Trinajstić information content (AvgIpc) is 2.82. The Morgan fingerprint density at radius 3 is 2.80 bits per heavy atom. The number of para-hydroxylation sites is 1. The van der Waals surface area contributed by atoms with E-state index < -0.39 is 5.92 Å². The molecule has 3 aliphatic rings. The molecule has 6 heteroatoms. The molecule has 0 saturated carbocycles. The molecule has 0 aromatic heterocycles. The van der Waals surface area contributed by atoms with Gasteiger partial charge in [-0.3, -0.25) is 4.79 Å². The maximum atomic E-state index is 13.4. The van der Waals surface area contributed by atoms with Crippen molar-refractivity contribution in [2.75, 3.05) is 18.6 Å². The van der Waals surface area contributed by atoms with Crippen LogP contribution in [-0.2, 0) is 22.5 Å². The van der Waals surface area contributed by atoms with E-state index in [0.29, 0.717) is 36.3 Å². The molecule has 2 aromatic carbocycles. The lowest BCUT2D eigenvalue weighted by molar-refractivity contribution is -0.119. The number of ketones is 1. The normalized spacial score (nSPS) is 21.1. The van der Waals surface area contributed by atoms with E-state index in [-0.39, 0.29) is 17.1 Å². The number of rotatable bonds is 4. The third-order valence-electron chi connectivity index (χ3n) is 7.30. The molecule has 2 aromatic rings. The lowest BCUT2D eigenvalue weighted by atomic mass is 9.69. The number of nitrogens with two attached hydrogens (primary N) is 1. The summed E-state index contributed by atoms with van der Waals surface area (Å²) in [6.45, 7) is 5.69. The SMILES string of the molecule is COc1ccc([C@H]2C(C#N)=C(N)OC3=C2C(=O)CC(C)(C)C3)c(CN2CCCc3ccccc32)c1. The van der Waals surface area contributed by atoms with Gasteiger partial charge in [0.15, 0.2) is 5.78 Å². The molecule has 180 valence electrons. The van der Waals surface area contributed by atoms with Gasteiger partial charge in [-0.05, 0) is 53.1 Å². The molecule has 5 rings (SSSR count). The highest BCUT2D eigenvalue weighted by Crippen LogP contribution is 2.49. The lowest BCUT2D eigenvalue weighted by Gasteiger charge is -2.38. The number of fused-ring (bicyclic) bond motifs is 1. The molecule has 0 fully saturated rings. The second-order valence-corrected chi connectivity index (χ2v) is 10.4. The average molecular weight is 470 g/mol. The third kappa shape index (κ3) is 4.16. The van der Waals surface area contributed by atoms with E-state index in [1.165, 1.54) is 11.3 Å². The number of allylic oxidation sites excluding steroid dienone is 3. The van der Waals surface area contributed by atoms with Crippen molar-refractivity contribution in [1.82, 2.24) is 0 Å². The minimum Gasteiger partial charge on any atom is -0.497 e. The third-order valence-corrected chi connectivity index (χ3v) is 7.30. The fourth-order valence-electron chi connectivity index (χ4n) is 5.70. The highest BCUT2D eigenvalue weighted by atomic mass is 16.5. The van der Waals surface area contributed by atoms with Crippen molar-refractivity contribution in [3.05, 3.63) is 81.9 Å². The summed E-state index contributed by atoms with van der Waals surface area (Å²) in [5.74, 6) is 0.895. The van der Waals surface area contributed by atoms with Crippen LogP contribution in [0.1, 0.15) is 55.7 Å². The first-order valence-electron chi connectivity index (χ1n) is 12.1. The summed E-state index contributed by atoms with van der Waals surface area (Å²) in [5, 5.41) is 10.1. The number of nitriles is 1. The molecule has 1 aliphatic carbocycles. The van der Waals surface area contributed by atoms with Crippen LogP contribution < -0.4 is 15.4 Å². The highest BCUT2D eigenvalue weighted by molar-refractivity contribution is 6.00. The van der Waals surface area contributed by atoms with Crippen molar-refractivity contribution >= 4 is 11.5 Å². The fourth-order valence-corrected chi connectivity index (χ4v) is 5.70. The Morgan fingerprint density at radius 1 is 1.23 bits per heavy atom. The van der Waals surface area contributed by atoms with E-state index in [9.17, 15) is 10.1 Å². The topological polar surface area (TPSA) is 88.6 Å². The molecule has 0 amide bonds. The van der Waals surface area contributed by atoms with Gasteiger partial charge in [-0.15, -0.1) is 0 Å². The summed E-state index contributed by atoms with van der Waals surface area (Å²) in [6.07, 6.45) is 3.16. The van der Waals surface area contributed by atoms with Crippen LogP contribution in [0.15, 0.2) is 65.3 Å². The molecule has 1 atom stereocenters. The molecule has 2 aliphatic heterocycles. The van der Waals surface area contributed by atoms with Crippen LogP contribution in [0, 0.1) is 16.7 Å². The van der Waals surface area contributed by atoms with Gasteiger partial charge in [-0.1, -0.05) is 38.1 Å². The van der Waals surface area contributed by atoms with Gasteiger partial charge in [-0.2, -0.15) is 5.26 Å². The number of aryl methyl sites for hydroxylation is 1. The van der Waals surface area contributed by atoms with Crippen LogP contribution in [0.2, 0.25) is 0 Å². The molecule has 0 bridgehead atoms. The first kappa shape index (κ1) is 23.0. The molecule has 0 spiro atoms. The van der Waals surface area contributed by atoms with Crippen LogP contribution >= 0.6 is 0 Å². The van der Waals surface area contributed by atoms with Crippen LogP contribution in [0.3, 0.4) is 0 Å². The first-order valence-corrected chi connectivity index (χ1v) is 12.1. The maximum absolute atomic E-state index is 13.4. The van der Waals surface area contributed by atoms with Gasteiger partial charge in [-0.25, -0.2) is 0 Å². The van der Waals surface area contributed by atoms with Crippen molar-refractivity contribution in [2.45, 2.75) is 52.0 Å². The monoisotopic (exact) mass is 469 g/mol. The Kier molecular flexibility index (Phi) is 5.80. The summed E-state index contributed by atoms with van der Waals surface area (Å²) in [5.41, 5.74) is 11.4. The van der Waals surface area contributed by atoms with Gasteiger partial charge >= 0.3 is 0 Å². The zero-order valence-electron chi connectivity index (χ0n) is 20.6. The number of carbonyl (C=O) groups is 1. The van der Waals surface area contributed by atoms with Gasteiger partial charge in [0.2, 0.25) is 5.88 Å². The zero-order chi connectivity index (χ0) is 24.7. The Labute approximate surface area is 206 Å². The van der Waals surface area contributed by atoms with Crippen molar-refractivity contribution in [3.63, 3.8) is 0 Å². The number of carbonyl (C=O) groups excluding carboxylic acids is 1.